The first kappa shape index (κ1) is 20.3. The number of hydrogen-bond acceptors (Lipinski definition) is 4. The summed E-state index contributed by atoms with van der Waals surface area (Å²) in [7, 11) is -1.66. The van der Waals surface area contributed by atoms with E-state index < -0.39 is 10.0 Å². The van der Waals surface area contributed by atoms with Crippen molar-refractivity contribution in [2.24, 2.45) is 0 Å². The summed E-state index contributed by atoms with van der Waals surface area (Å²) in [4.78, 5) is 2.49. The third-order valence-electron chi connectivity index (χ3n) is 5.86. The standard InChI is InChI=1S/C22H25ClN2O3S/c1-3-22(10-13-24(2)14-11-22)28-19-5-4-6-20(16-19)29(26,27)25-12-9-17-7-8-18(23)15-21(17)25/h4-9,12,15-16H,3,10-11,13-14H2,1-2H3. The van der Waals surface area contributed by atoms with Gasteiger partial charge in [-0.2, -0.15) is 0 Å². The minimum Gasteiger partial charge on any atom is -0.487 e. The van der Waals surface area contributed by atoms with Crippen LogP contribution in [-0.4, -0.2) is 43.0 Å². The number of aromatic nitrogens is 1. The molecule has 2 heterocycles. The minimum atomic E-state index is -3.77. The predicted octanol–water partition coefficient (Wildman–Crippen LogP) is 4.78. The molecule has 0 aliphatic carbocycles. The maximum atomic E-state index is 13.3. The molecule has 0 unspecified atom stereocenters. The molecule has 0 N–H and O–H groups in total. The average Bonchev–Trinajstić information content (AvgIpc) is 3.14. The molecule has 0 bridgehead atoms. The van der Waals surface area contributed by atoms with Crippen molar-refractivity contribution in [2.75, 3.05) is 20.1 Å². The van der Waals surface area contributed by atoms with Crippen LogP contribution in [0.15, 0.2) is 59.6 Å². The second-order valence-corrected chi connectivity index (χ2v) is 9.99. The van der Waals surface area contributed by atoms with E-state index in [4.69, 9.17) is 16.3 Å². The second-order valence-electron chi connectivity index (χ2n) is 7.74. The molecule has 1 aliphatic rings. The normalized spacial score (nSPS) is 17.5. The second kappa shape index (κ2) is 7.67. The zero-order chi connectivity index (χ0) is 20.6. The summed E-state index contributed by atoms with van der Waals surface area (Å²) < 4.78 is 34.3. The molecule has 1 aromatic heterocycles. The van der Waals surface area contributed by atoms with Crippen LogP contribution < -0.4 is 4.74 Å². The Kier molecular flexibility index (Phi) is 5.36. The summed E-state index contributed by atoms with van der Waals surface area (Å²) in [5, 5.41) is 1.32. The molecule has 1 saturated heterocycles. The molecule has 1 fully saturated rings. The Bertz CT molecular complexity index is 1130. The Morgan fingerprint density at radius 2 is 1.86 bits per heavy atom. The topological polar surface area (TPSA) is 51.5 Å². The van der Waals surface area contributed by atoms with Gasteiger partial charge in [0.05, 0.1) is 10.4 Å². The van der Waals surface area contributed by atoms with E-state index in [9.17, 15) is 8.42 Å². The van der Waals surface area contributed by atoms with Gasteiger partial charge in [-0.25, -0.2) is 12.4 Å². The van der Waals surface area contributed by atoms with Gasteiger partial charge in [0.15, 0.2) is 0 Å². The third-order valence-corrected chi connectivity index (χ3v) is 7.78. The van der Waals surface area contributed by atoms with Crippen molar-refractivity contribution >= 4 is 32.5 Å². The van der Waals surface area contributed by atoms with E-state index >= 15 is 0 Å². The van der Waals surface area contributed by atoms with Crippen LogP contribution in [0, 0.1) is 0 Å². The zero-order valence-electron chi connectivity index (χ0n) is 16.6. The maximum Gasteiger partial charge on any atom is 0.268 e. The SMILES string of the molecule is CCC1(Oc2cccc(S(=O)(=O)n3ccc4ccc(Cl)cc43)c2)CCN(C)CC1. The summed E-state index contributed by atoms with van der Waals surface area (Å²) in [6, 6.07) is 13.8. The van der Waals surface area contributed by atoms with Gasteiger partial charge >= 0.3 is 0 Å². The van der Waals surface area contributed by atoms with Crippen LogP contribution in [-0.2, 0) is 10.0 Å². The van der Waals surface area contributed by atoms with Gasteiger partial charge in [0, 0.05) is 35.8 Å². The fourth-order valence-corrected chi connectivity index (χ4v) is 5.45. The summed E-state index contributed by atoms with van der Waals surface area (Å²) in [5.74, 6) is 0.590. The molecule has 29 heavy (non-hydrogen) atoms. The number of piperidine rings is 1. The number of nitrogens with zero attached hydrogens (tertiary/aromatic N) is 2. The molecule has 0 saturated carbocycles. The molecular formula is C22H25ClN2O3S. The number of benzene rings is 2. The highest BCUT2D eigenvalue weighted by atomic mass is 35.5. The molecule has 0 spiro atoms. The fourth-order valence-electron chi connectivity index (χ4n) is 3.90. The van der Waals surface area contributed by atoms with Crippen LogP contribution >= 0.6 is 11.6 Å². The summed E-state index contributed by atoms with van der Waals surface area (Å²) in [6.45, 7) is 4.07. The lowest BCUT2D eigenvalue weighted by molar-refractivity contribution is 0.00455. The Hall–Kier alpha value is -2.02. The summed E-state index contributed by atoms with van der Waals surface area (Å²) in [5.41, 5.74) is 0.312. The number of likely N-dealkylation sites (tertiary alicyclic amines) is 1. The number of halogens is 1. The molecule has 0 amide bonds. The first-order valence-electron chi connectivity index (χ1n) is 9.83. The van der Waals surface area contributed by atoms with Crippen molar-refractivity contribution in [3.63, 3.8) is 0 Å². The number of hydrogen-bond donors (Lipinski definition) is 0. The minimum absolute atomic E-state index is 0.201. The molecule has 3 aromatic rings. The smallest absolute Gasteiger partial charge is 0.268 e. The van der Waals surface area contributed by atoms with Gasteiger partial charge in [0.1, 0.15) is 11.4 Å². The van der Waals surface area contributed by atoms with Crippen LogP contribution in [0.3, 0.4) is 0 Å². The lowest BCUT2D eigenvalue weighted by Gasteiger charge is -2.40. The van der Waals surface area contributed by atoms with E-state index in [0.717, 1.165) is 37.7 Å². The van der Waals surface area contributed by atoms with E-state index in [1.165, 1.54) is 3.97 Å². The third kappa shape index (κ3) is 3.89. The van der Waals surface area contributed by atoms with E-state index in [2.05, 4.69) is 18.9 Å². The van der Waals surface area contributed by atoms with Crippen molar-refractivity contribution in [1.82, 2.24) is 8.87 Å². The maximum absolute atomic E-state index is 13.3. The zero-order valence-corrected chi connectivity index (χ0v) is 18.2. The van der Waals surface area contributed by atoms with Crippen LogP contribution in [0.25, 0.3) is 10.9 Å². The number of rotatable bonds is 5. The predicted molar refractivity (Wildman–Crippen MR) is 116 cm³/mol. The first-order chi connectivity index (χ1) is 13.8. The van der Waals surface area contributed by atoms with Crippen LogP contribution in [0.5, 0.6) is 5.75 Å². The molecule has 7 heteroatoms. The monoisotopic (exact) mass is 432 g/mol. The van der Waals surface area contributed by atoms with Gasteiger partial charge in [0.2, 0.25) is 0 Å². The van der Waals surface area contributed by atoms with Crippen molar-refractivity contribution in [2.45, 2.75) is 36.7 Å². The lowest BCUT2D eigenvalue weighted by atomic mass is 9.88. The quantitative estimate of drug-likeness (QED) is 0.582. The molecule has 2 aromatic carbocycles. The van der Waals surface area contributed by atoms with E-state index in [0.29, 0.717) is 16.3 Å². The van der Waals surface area contributed by atoms with Gasteiger partial charge < -0.3 is 9.64 Å². The van der Waals surface area contributed by atoms with E-state index in [1.54, 1.807) is 42.6 Å². The highest BCUT2D eigenvalue weighted by Gasteiger charge is 2.34. The van der Waals surface area contributed by atoms with Crippen molar-refractivity contribution in [3.05, 3.63) is 59.8 Å². The highest BCUT2D eigenvalue weighted by molar-refractivity contribution is 7.90. The number of ether oxygens (including phenoxy) is 1. The molecule has 5 nitrogen and oxygen atoms in total. The molecular weight excluding hydrogens is 408 g/mol. The van der Waals surface area contributed by atoms with Gasteiger partial charge in [-0.15, -0.1) is 0 Å². The summed E-state index contributed by atoms with van der Waals surface area (Å²) in [6.07, 6.45) is 4.31. The number of fused-ring (bicyclic) bond motifs is 1. The Balaban J connectivity index is 1.68. The van der Waals surface area contributed by atoms with Gasteiger partial charge in [0.25, 0.3) is 10.0 Å². The Labute approximate surface area is 176 Å². The Morgan fingerprint density at radius 3 is 2.59 bits per heavy atom. The van der Waals surface area contributed by atoms with Gasteiger partial charge in [-0.05, 0) is 56.6 Å². The highest BCUT2D eigenvalue weighted by Crippen LogP contribution is 2.33. The Morgan fingerprint density at radius 1 is 1.10 bits per heavy atom. The van der Waals surface area contributed by atoms with Gasteiger partial charge in [-0.1, -0.05) is 30.7 Å². The molecule has 154 valence electrons. The van der Waals surface area contributed by atoms with E-state index in [1.807, 2.05) is 12.1 Å². The van der Waals surface area contributed by atoms with Crippen molar-refractivity contribution < 1.29 is 13.2 Å². The van der Waals surface area contributed by atoms with Crippen LogP contribution in [0.2, 0.25) is 5.02 Å². The lowest BCUT2D eigenvalue weighted by Crippen LogP contribution is -2.46. The van der Waals surface area contributed by atoms with Crippen molar-refractivity contribution in [3.8, 4) is 5.75 Å². The largest absolute Gasteiger partial charge is 0.487 e. The molecule has 4 rings (SSSR count). The van der Waals surface area contributed by atoms with Crippen LogP contribution in [0.4, 0.5) is 0 Å². The fraction of sp³-hybridized carbons (Fsp3) is 0.364. The van der Waals surface area contributed by atoms with Gasteiger partial charge in [-0.3, -0.25) is 0 Å². The molecule has 0 radical (unpaired) electrons. The average molecular weight is 433 g/mol. The van der Waals surface area contributed by atoms with Crippen molar-refractivity contribution in [1.29, 1.82) is 0 Å². The summed E-state index contributed by atoms with van der Waals surface area (Å²) >= 11 is 6.09. The van der Waals surface area contributed by atoms with Crippen LogP contribution in [0.1, 0.15) is 26.2 Å². The van der Waals surface area contributed by atoms with E-state index in [-0.39, 0.29) is 10.5 Å². The molecule has 0 atom stereocenters. The molecule has 1 aliphatic heterocycles. The first-order valence-corrected chi connectivity index (χ1v) is 11.6.